The lowest BCUT2D eigenvalue weighted by molar-refractivity contribution is 0.204. The number of benzene rings is 2. The molecule has 0 N–H and O–H groups in total. The average molecular weight is 451 g/mol. The van der Waals surface area contributed by atoms with Gasteiger partial charge in [0.15, 0.2) is 0 Å². The van der Waals surface area contributed by atoms with Gasteiger partial charge < -0.3 is 19.1 Å². The number of methoxy groups -OCH3 is 2. The zero-order valence-corrected chi connectivity index (χ0v) is 20.2. The predicted octanol–water partition coefficient (Wildman–Crippen LogP) is 5.24. The monoisotopic (exact) mass is 450 g/mol. The molecule has 0 saturated carbocycles. The smallest absolute Gasteiger partial charge is 0.122 e. The summed E-state index contributed by atoms with van der Waals surface area (Å²) in [5.74, 6) is 3.03. The van der Waals surface area contributed by atoms with Crippen molar-refractivity contribution in [1.29, 1.82) is 0 Å². The van der Waals surface area contributed by atoms with Gasteiger partial charge in [-0.2, -0.15) is 0 Å². The van der Waals surface area contributed by atoms with Crippen LogP contribution in [-0.4, -0.2) is 63.4 Å². The van der Waals surface area contributed by atoms with E-state index in [1.54, 1.807) is 14.2 Å². The summed E-state index contributed by atoms with van der Waals surface area (Å²) >= 11 is 0. The van der Waals surface area contributed by atoms with E-state index in [1.807, 2.05) is 6.07 Å². The quantitative estimate of drug-likeness (QED) is 0.514. The summed E-state index contributed by atoms with van der Waals surface area (Å²) in [5, 5.41) is 0. The summed E-state index contributed by atoms with van der Waals surface area (Å²) in [6, 6.07) is 13.6. The number of piperidine rings is 1. The molecule has 0 radical (unpaired) electrons. The van der Waals surface area contributed by atoms with Crippen LogP contribution in [0.25, 0.3) is 0 Å². The molecule has 33 heavy (non-hydrogen) atoms. The first-order valence-electron chi connectivity index (χ1n) is 12.7. The van der Waals surface area contributed by atoms with Crippen LogP contribution in [0.4, 0.5) is 0 Å². The topological polar surface area (TPSA) is 34.2 Å². The molecule has 3 heterocycles. The van der Waals surface area contributed by atoms with Gasteiger partial charge in [0.05, 0.1) is 20.8 Å². The van der Waals surface area contributed by atoms with E-state index in [0.29, 0.717) is 12.0 Å². The molecule has 0 amide bonds. The van der Waals surface area contributed by atoms with Gasteiger partial charge in [0.1, 0.15) is 17.2 Å². The Morgan fingerprint density at radius 2 is 1.61 bits per heavy atom. The Hall–Kier alpha value is -2.24. The van der Waals surface area contributed by atoms with Crippen LogP contribution in [0.5, 0.6) is 17.2 Å². The third kappa shape index (κ3) is 4.99. The number of rotatable bonds is 8. The molecule has 2 fully saturated rings. The molecular weight excluding hydrogens is 412 g/mol. The molecule has 2 atom stereocenters. The highest BCUT2D eigenvalue weighted by atomic mass is 16.5. The molecule has 5 heteroatoms. The van der Waals surface area contributed by atoms with E-state index >= 15 is 0 Å². The fourth-order valence-corrected chi connectivity index (χ4v) is 5.96. The predicted molar refractivity (Wildman–Crippen MR) is 132 cm³/mol. The molecule has 3 aliphatic rings. The first kappa shape index (κ1) is 22.5. The van der Waals surface area contributed by atoms with Gasteiger partial charge >= 0.3 is 0 Å². The minimum Gasteiger partial charge on any atom is -0.497 e. The lowest BCUT2D eigenvalue weighted by atomic mass is 9.81. The van der Waals surface area contributed by atoms with E-state index in [4.69, 9.17) is 14.2 Å². The molecule has 5 rings (SSSR count). The third-order valence-corrected chi connectivity index (χ3v) is 7.69. The van der Waals surface area contributed by atoms with Crippen LogP contribution >= 0.6 is 0 Å². The molecule has 2 aromatic rings. The fraction of sp³-hybridized carbons (Fsp3) is 0.571. The van der Waals surface area contributed by atoms with E-state index in [1.165, 1.54) is 68.4 Å². The Kier molecular flexibility index (Phi) is 7.07. The molecular formula is C28H38N2O3. The minimum atomic E-state index is 0.312. The van der Waals surface area contributed by atoms with E-state index in [-0.39, 0.29) is 0 Å². The summed E-state index contributed by atoms with van der Waals surface area (Å²) in [6.45, 7) is 6.67. The Morgan fingerprint density at radius 3 is 2.36 bits per heavy atom. The molecule has 0 aromatic heterocycles. The average Bonchev–Trinajstić information content (AvgIpc) is 3.35. The molecule has 178 valence electrons. The van der Waals surface area contributed by atoms with Crippen molar-refractivity contribution in [3.63, 3.8) is 0 Å². The number of nitrogens with zero attached hydrogens (tertiary/aromatic N) is 2. The zero-order chi connectivity index (χ0) is 22.6. The van der Waals surface area contributed by atoms with Gasteiger partial charge in [-0.25, -0.2) is 0 Å². The fourth-order valence-electron chi connectivity index (χ4n) is 5.96. The second-order valence-corrected chi connectivity index (χ2v) is 9.75. The van der Waals surface area contributed by atoms with Crippen LogP contribution < -0.4 is 14.2 Å². The molecule has 2 aromatic carbocycles. The summed E-state index contributed by atoms with van der Waals surface area (Å²) in [4.78, 5) is 5.24. The van der Waals surface area contributed by atoms with Crippen molar-refractivity contribution in [1.82, 2.24) is 9.80 Å². The highest BCUT2D eigenvalue weighted by Crippen LogP contribution is 2.46. The zero-order valence-electron chi connectivity index (χ0n) is 20.2. The van der Waals surface area contributed by atoms with Crippen molar-refractivity contribution in [2.24, 2.45) is 0 Å². The second-order valence-electron chi connectivity index (χ2n) is 9.75. The van der Waals surface area contributed by atoms with Gasteiger partial charge in [0.25, 0.3) is 0 Å². The van der Waals surface area contributed by atoms with Crippen molar-refractivity contribution in [2.75, 3.05) is 53.6 Å². The van der Waals surface area contributed by atoms with E-state index < -0.39 is 0 Å². The summed E-state index contributed by atoms with van der Waals surface area (Å²) < 4.78 is 17.4. The van der Waals surface area contributed by atoms with E-state index in [0.717, 1.165) is 43.4 Å². The van der Waals surface area contributed by atoms with Crippen molar-refractivity contribution in [3.8, 4) is 17.2 Å². The Balaban J connectivity index is 1.34. The van der Waals surface area contributed by atoms with Crippen LogP contribution in [0.15, 0.2) is 36.4 Å². The second kappa shape index (κ2) is 10.4. The molecule has 5 nitrogen and oxygen atoms in total. The summed E-state index contributed by atoms with van der Waals surface area (Å²) in [5.41, 5.74) is 4.13. The molecule has 0 aliphatic carbocycles. The summed E-state index contributed by atoms with van der Waals surface area (Å²) in [7, 11) is 3.44. The molecule has 0 unspecified atom stereocenters. The van der Waals surface area contributed by atoms with Gasteiger partial charge in [-0.3, -0.25) is 4.90 Å². The number of hydrogen-bond acceptors (Lipinski definition) is 5. The standard InChI is InChI=1S/C28H38N2O3/c1-31-23-16-21(17-24(18-23)32-2)27-20-30-14-6-8-28(30)26-19-22(9-10-25(26)27)33-15-7-13-29-11-4-3-5-12-29/h9-10,16-19,27-28H,3-8,11-15,20H2,1-2H3/t27-,28+/m1/s1. The van der Waals surface area contributed by atoms with Gasteiger partial charge in [0, 0.05) is 31.1 Å². The van der Waals surface area contributed by atoms with Crippen LogP contribution in [-0.2, 0) is 0 Å². The highest BCUT2D eigenvalue weighted by molar-refractivity contribution is 5.49. The molecule has 0 bridgehead atoms. The SMILES string of the molecule is COc1cc(OC)cc([C@H]2CN3CCC[C@H]3c3cc(OCCCN4CCCCC4)ccc32)c1. The maximum atomic E-state index is 6.24. The van der Waals surface area contributed by atoms with Gasteiger partial charge in [-0.1, -0.05) is 12.5 Å². The third-order valence-electron chi connectivity index (χ3n) is 7.69. The molecule has 0 spiro atoms. The Bertz CT molecular complexity index is 918. The van der Waals surface area contributed by atoms with Crippen LogP contribution in [0.1, 0.15) is 67.2 Å². The van der Waals surface area contributed by atoms with Gasteiger partial charge in [0.2, 0.25) is 0 Å². The maximum absolute atomic E-state index is 6.24. The van der Waals surface area contributed by atoms with Gasteiger partial charge in [-0.15, -0.1) is 0 Å². The molecule has 2 saturated heterocycles. The number of likely N-dealkylation sites (tertiary alicyclic amines) is 1. The number of hydrogen-bond donors (Lipinski definition) is 0. The van der Waals surface area contributed by atoms with Crippen molar-refractivity contribution in [2.45, 2.75) is 50.5 Å². The van der Waals surface area contributed by atoms with Crippen molar-refractivity contribution >= 4 is 0 Å². The Labute approximate surface area is 198 Å². The Morgan fingerprint density at radius 1 is 0.818 bits per heavy atom. The van der Waals surface area contributed by atoms with Crippen LogP contribution in [0, 0.1) is 0 Å². The van der Waals surface area contributed by atoms with Crippen LogP contribution in [0.3, 0.4) is 0 Å². The lowest BCUT2D eigenvalue weighted by Gasteiger charge is -2.38. The molecule has 3 aliphatic heterocycles. The highest BCUT2D eigenvalue weighted by Gasteiger charge is 2.37. The van der Waals surface area contributed by atoms with E-state index in [2.05, 4.69) is 40.1 Å². The van der Waals surface area contributed by atoms with Crippen LogP contribution in [0.2, 0.25) is 0 Å². The largest absolute Gasteiger partial charge is 0.497 e. The minimum absolute atomic E-state index is 0.312. The number of fused-ring (bicyclic) bond motifs is 3. The number of ether oxygens (including phenoxy) is 3. The normalized spacial score (nSPS) is 23.1. The van der Waals surface area contributed by atoms with Crippen molar-refractivity contribution < 1.29 is 14.2 Å². The first-order valence-corrected chi connectivity index (χ1v) is 12.7. The van der Waals surface area contributed by atoms with Crippen molar-refractivity contribution in [3.05, 3.63) is 53.1 Å². The summed E-state index contributed by atoms with van der Waals surface area (Å²) in [6.07, 6.45) is 7.69. The lowest BCUT2D eigenvalue weighted by Crippen LogP contribution is -2.34. The van der Waals surface area contributed by atoms with E-state index in [9.17, 15) is 0 Å². The maximum Gasteiger partial charge on any atom is 0.122 e. The van der Waals surface area contributed by atoms with Gasteiger partial charge in [-0.05, 0) is 92.7 Å². The first-order chi connectivity index (χ1) is 16.2.